The van der Waals surface area contributed by atoms with Crippen molar-refractivity contribution in [3.05, 3.63) is 46.0 Å². The summed E-state index contributed by atoms with van der Waals surface area (Å²) < 4.78 is 0. The van der Waals surface area contributed by atoms with Gasteiger partial charge < -0.3 is 0 Å². The Morgan fingerprint density at radius 1 is 0.533 bits per heavy atom. The van der Waals surface area contributed by atoms with E-state index in [0.717, 1.165) is 0 Å². The zero-order chi connectivity index (χ0) is 11.2. The Morgan fingerprint density at radius 2 is 0.867 bits per heavy atom. The Balaban J connectivity index is 3.00. The third kappa shape index (κ3) is 1.36. The van der Waals surface area contributed by atoms with E-state index in [9.17, 15) is 0 Å². The van der Waals surface area contributed by atoms with Crippen molar-refractivity contribution in [1.82, 2.24) is 0 Å². The Hall–Kier alpha value is -1.30. The van der Waals surface area contributed by atoms with Crippen LogP contribution in [0.25, 0.3) is 11.1 Å². The molecule has 2 aliphatic carbocycles. The molecule has 0 N–H and O–H groups in total. The largest absolute Gasteiger partial charge is 0.0610 e. The van der Waals surface area contributed by atoms with Gasteiger partial charge in [0.1, 0.15) is 0 Å². The van der Waals surface area contributed by atoms with E-state index >= 15 is 0 Å². The van der Waals surface area contributed by atoms with Gasteiger partial charge in [-0.05, 0) is 73.6 Å². The second kappa shape index (κ2) is 3.37. The first-order chi connectivity index (χ1) is 7.04. The predicted molar refractivity (Wildman–Crippen MR) is 66.7 cm³/mol. The van der Waals surface area contributed by atoms with Crippen LogP contribution in [0, 0.1) is 34.6 Å². The molecule has 2 aliphatic rings. The van der Waals surface area contributed by atoms with Crippen LogP contribution in [-0.2, 0) is 0 Å². The second-order valence-corrected chi connectivity index (χ2v) is 4.48. The maximum absolute atomic E-state index is 2.23. The van der Waals surface area contributed by atoms with Gasteiger partial charge in [-0.2, -0.15) is 0 Å². The quantitative estimate of drug-likeness (QED) is 0.591. The predicted octanol–water partition coefficient (Wildman–Crippen LogP) is 4.33. The molecule has 15 heavy (non-hydrogen) atoms. The summed E-state index contributed by atoms with van der Waals surface area (Å²) in [5, 5.41) is 0. The van der Waals surface area contributed by atoms with E-state index in [-0.39, 0.29) is 0 Å². The van der Waals surface area contributed by atoms with Crippen molar-refractivity contribution >= 4 is 0 Å². The van der Waals surface area contributed by atoms with Gasteiger partial charge in [-0.1, -0.05) is 18.2 Å². The molecule has 0 aromatic heterocycles. The minimum atomic E-state index is 1.40. The lowest BCUT2D eigenvalue weighted by Gasteiger charge is -2.01. The minimum Gasteiger partial charge on any atom is -0.0610 e. The summed E-state index contributed by atoms with van der Waals surface area (Å²) >= 11 is 0. The SMILES string of the molecule is Cc1c2cccc-2c(C)c(C)c(C)c1C. The van der Waals surface area contributed by atoms with Gasteiger partial charge in [-0.15, -0.1) is 0 Å². The summed E-state index contributed by atoms with van der Waals surface area (Å²) in [6.45, 7) is 11.1. The Kier molecular flexibility index (Phi) is 2.30. The molecule has 0 atom stereocenters. The maximum Gasteiger partial charge on any atom is -0.0149 e. The Labute approximate surface area is 92.3 Å². The van der Waals surface area contributed by atoms with Crippen molar-refractivity contribution in [2.75, 3.05) is 0 Å². The lowest BCUT2D eigenvalue weighted by atomic mass is 10.0. The summed E-state index contributed by atoms with van der Waals surface area (Å²) in [6.07, 6.45) is 0. The molecule has 0 saturated carbocycles. The molecule has 0 radical (unpaired) electrons. The molecule has 0 spiro atoms. The normalized spacial score (nSPS) is 11.0. The van der Waals surface area contributed by atoms with Gasteiger partial charge in [-0.25, -0.2) is 0 Å². The van der Waals surface area contributed by atoms with Crippen LogP contribution < -0.4 is 0 Å². The van der Waals surface area contributed by atoms with Gasteiger partial charge >= 0.3 is 0 Å². The fourth-order valence-corrected chi connectivity index (χ4v) is 2.32. The lowest BCUT2D eigenvalue weighted by Crippen LogP contribution is -1.84. The topological polar surface area (TPSA) is 0 Å². The van der Waals surface area contributed by atoms with Gasteiger partial charge in [0.05, 0.1) is 0 Å². The van der Waals surface area contributed by atoms with Crippen LogP contribution >= 0.6 is 0 Å². The first-order valence-electron chi connectivity index (χ1n) is 5.49. The summed E-state index contributed by atoms with van der Waals surface area (Å²) in [4.78, 5) is 0. The fraction of sp³-hybridized carbons (Fsp3) is 0.333. The highest BCUT2D eigenvalue weighted by atomic mass is 14.2. The van der Waals surface area contributed by atoms with Gasteiger partial charge in [0.2, 0.25) is 0 Å². The third-order valence-corrected chi connectivity index (χ3v) is 3.87. The molecule has 0 amide bonds. The van der Waals surface area contributed by atoms with E-state index in [1.54, 1.807) is 0 Å². The summed E-state index contributed by atoms with van der Waals surface area (Å²) in [5.74, 6) is 0. The molecule has 78 valence electrons. The van der Waals surface area contributed by atoms with Crippen LogP contribution in [-0.4, -0.2) is 0 Å². The molecule has 0 heterocycles. The second-order valence-electron chi connectivity index (χ2n) is 4.48. The summed E-state index contributed by atoms with van der Waals surface area (Å²) in [5.41, 5.74) is 9.93. The highest BCUT2D eigenvalue weighted by Gasteiger charge is 2.12. The van der Waals surface area contributed by atoms with Gasteiger partial charge in [-0.3, -0.25) is 0 Å². The third-order valence-electron chi connectivity index (χ3n) is 3.87. The van der Waals surface area contributed by atoms with Gasteiger partial charge in [0.15, 0.2) is 0 Å². The molecule has 0 aromatic rings. The van der Waals surface area contributed by atoms with Crippen molar-refractivity contribution in [2.45, 2.75) is 34.6 Å². The highest BCUT2D eigenvalue weighted by Crippen LogP contribution is 2.34. The molecule has 0 fully saturated rings. The van der Waals surface area contributed by atoms with Crippen LogP contribution in [0.4, 0.5) is 0 Å². The zero-order valence-electron chi connectivity index (χ0n) is 10.2. The smallest absolute Gasteiger partial charge is 0.0149 e. The maximum atomic E-state index is 2.23. The van der Waals surface area contributed by atoms with E-state index in [0.29, 0.717) is 0 Å². The van der Waals surface area contributed by atoms with Crippen molar-refractivity contribution in [3.8, 4) is 11.1 Å². The average Bonchev–Trinajstić information content (AvgIpc) is 2.70. The summed E-state index contributed by atoms with van der Waals surface area (Å²) in [7, 11) is 0. The van der Waals surface area contributed by atoms with Gasteiger partial charge in [0.25, 0.3) is 0 Å². The first kappa shape index (κ1) is 10.2. The van der Waals surface area contributed by atoms with E-state index in [1.165, 1.54) is 38.9 Å². The van der Waals surface area contributed by atoms with E-state index in [4.69, 9.17) is 0 Å². The minimum absolute atomic E-state index is 1.40. The van der Waals surface area contributed by atoms with Crippen LogP contribution in [0.1, 0.15) is 27.8 Å². The molecule has 0 saturated heterocycles. The molecule has 0 heteroatoms. The van der Waals surface area contributed by atoms with E-state index in [2.05, 4.69) is 52.8 Å². The number of hydrogen-bond donors (Lipinski definition) is 0. The van der Waals surface area contributed by atoms with E-state index in [1.807, 2.05) is 0 Å². The highest BCUT2D eigenvalue weighted by molar-refractivity contribution is 5.75. The average molecular weight is 198 g/mol. The summed E-state index contributed by atoms with van der Waals surface area (Å²) in [6, 6.07) is 6.60. The zero-order valence-corrected chi connectivity index (χ0v) is 10.2. The van der Waals surface area contributed by atoms with Crippen LogP contribution in [0.2, 0.25) is 0 Å². The van der Waals surface area contributed by atoms with Crippen LogP contribution in [0.3, 0.4) is 0 Å². The number of hydrogen-bond acceptors (Lipinski definition) is 0. The van der Waals surface area contributed by atoms with Crippen molar-refractivity contribution < 1.29 is 0 Å². The molecular weight excluding hydrogens is 180 g/mol. The van der Waals surface area contributed by atoms with Crippen molar-refractivity contribution in [1.29, 1.82) is 0 Å². The molecule has 0 bridgehead atoms. The molecular formula is C15H18. The molecule has 0 unspecified atom stereocenters. The monoisotopic (exact) mass is 198 g/mol. The molecule has 0 aliphatic heterocycles. The standard InChI is InChI=1S/C15H18/c1-9-10(2)12(4)14-7-6-8-15(14)13(5)11(9)3/h6-8H,1-5H3. The van der Waals surface area contributed by atoms with Crippen molar-refractivity contribution in [2.24, 2.45) is 0 Å². The van der Waals surface area contributed by atoms with Crippen molar-refractivity contribution in [3.63, 3.8) is 0 Å². The molecule has 0 aromatic carbocycles. The van der Waals surface area contributed by atoms with Gasteiger partial charge in [0, 0.05) is 0 Å². The number of rotatable bonds is 0. The first-order valence-corrected chi connectivity index (χ1v) is 5.49. The van der Waals surface area contributed by atoms with E-state index < -0.39 is 0 Å². The fourth-order valence-electron chi connectivity index (χ4n) is 2.32. The number of fused-ring (bicyclic) bond motifs is 1. The lowest BCUT2D eigenvalue weighted by molar-refractivity contribution is 1.24. The molecule has 0 nitrogen and oxygen atoms in total. The Morgan fingerprint density at radius 3 is 1.27 bits per heavy atom. The van der Waals surface area contributed by atoms with Crippen LogP contribution in [0.5, 0.6) is 0 Å². The molecule has 2 rings (SSSR count). The Bertz CT molecular complexity index is 450. The van der Waals surface area contributed by atoms with Crippen LogP contribution in [0.15, 0.2) is 18.2 Å².